The van der Waals surface area contributed by atoms with Crippen LogP contribution in [0.1, 0.15) is 0 Å². The summed E-state index contributed by atoms with van der Waals surface area (Å²) < 4.78 is 0. The summed E-state index contributed by atoms with van der Waals surface area (Å²) in [5, 5.41) is 14.0. The number of carboxylic acid groups (broad SMARTS) is 1. The van der Waals surface area contributed by atoms with Crippen molar-refractivity contribution in [3.05, 3.63) is 0 Å². The van der Waals surface area contributed by atoms with E-state index >= 15 is 0 Å². The molecule has 1 unspecified atom stereocenters. The number of carboxylic acids is 1. The van der Waals surface area contributed by atoms with Crippen molar-refractivity contribution in [3.8, 4) is 0 Å². The first kappa shape index (κ1) is 13.1. The van der Waals surface area contributed by atoms with Gasteiger partial charge in [-0.05, 0) is 0 Å². The van der Waals surface area contributed by atoms with Crippen molar-refractivity contribution >= 4 is 23.8 Å². The van der Waals surface area contributed by atoms with Crippen LogP contribution < -0.4 is 10.6 Å². The van der Waals surface area contributed by atoms with Crippen molar-refractivity contribution in [1.82, 2.24) is 20.4 Å². The van der Waals surface area contributed by atoms with E-state index in [0.29, 0.717) is 13.1 Å². The van der Waals surface area contributed by atoms with E-state index in [4.69, 9.17) is 5.11 Å². The van der Waals surface area contributed by atoms with E-state index in [9.17, 15) is 19.2 Å². The van der Waals surface area contributed by atoms with Gasteiger partial charge in [-0.15, -0.1) is 0 Å². The standard InChI is InChI=1S/C10H14N4O5/c15-7-4-13(2-1-11-7)10(19)14-5-8(16)12-3-6(14)9(17)18/h6H,1-5H2,(H,11,15)(H,12,16)(H,17,18). The summed E-state index contributed by atoms with van der Waals surface area (Å²) in [7, 11) is 0. The third kappa shape index (κ3) is 2.75. The fourth-order valence-corrected chi connectivity index (χ4v) is 2.05. The lowest BCUT2D eigenvalue weighted by molar-refractivity contribution is -0.144. The largest absolute Gasteiger partial charge is 0.480 e. The summed E-state index contributed by atoms with van der Waals surface area (Å²) >= 11 is 0. The summed E-state index contributed by atoms with van der Waals surface area (Å²) in [6.45, 7) is 0.0640. The molecule has 0 aromatic carbocycles. The van der Waals surface area contributed by atoms with Gasteiger partial charge in [0.2, 0.25) is 11.8 Å². The molecule has 2 aliphatic heterocycles. The molecule has 0 aliphatic carbocycles. The molecule has 0 aromatic heterocycles. The maximum atomic E-state index is 12.2. The number of urea groups is 1. The number of aliphatic carboxylic acids is 1. The second kappa shape index (κ2) is 5.12. The Morgan fingerprint density at radius 2 is 1.84 bits per heavy atom. The van der Waals surface area contributed by atoms with E-state index in [-0.39, 0.29) is 25.5 Å². The SMILES string of the molecule is O=C1CN(C(=O)N2CC(=O)NCC2C(=O)O)CCN1. The van der Waals surface area contributed by atoms with Crippen LogP contribution in [0.15, 0.2) is 0 Å². The second-order valence-electron chi connectivity index (χ2n) is 4.34. The molecular weight excluding hydrogens is 256 g/mol. The fourth-order valence-electron chi connectivity index (χ4n) is 2.05. The van der Waals surface area contributed by atoms with Crippen molar-refractivity contribution in [3.63, 3.8) is 0 Å². The van der Waals surface area contributed by atoms with Crippen LogP contribution >= 0.6 is 0 Å². The molecule has 0 spiro atoms. The smallest absolute Gasteiger partial charge is 0.328 e. The molecule has 9 heteroatoms. The molecule has 0 bridgehead atoms. The zero-order valence-corrected chi connectivity index (χ0v) is 10.1. The normalized spacial score (nSPS) is 23.7. The van der Waals surface area contributed by atoms with Crippen LogP contribution in [0, 0.1) is 0 Å². The Kier molecular flexibility index (Phi) is 3.54. The second-order valence-corrected chi connectivity index (χ2v) is 4.34. The minimum absolute atomic E-state index is 0.122. The molecule has 9 nitrogen and oxygen atoms in total. The highest BCUT2D eigenvalue weighted by Gasteiger charge is 2.38. The maximum absolute atomic E-state index is 12.2. The van der Waals surface area contributed by atoms with Gasteiger partial charge in [0.15, 0.2) is 0 Å². The summed E-state index contributed by atoms with van der Waals surface area (Å²) in [6.07, 6.45) is 0. The third-order valence-corrected chi connectivity index (χ3v) is 3.02. The van der Waals surface area contributed by atoms with Gasteiger partial charge in [-0.2, -0.15) is 0 Å². The lowest BCUT2D eigenvalue weighted by Gasteiger charge is -2.37. The number of nitrogens with zero attached hydrogens (tertiary/aromatic N) is 2. The molecule has 0 aromatic rings. The lowest BCUT2D eigenvalue weighted by atomic mass is 10.2. The van der Waals surface area contributed by atoms with E-state index in [1.807, 2.05) is 0 Å². The van der Waals surface area contributed by atoms with Crippen LogP contribution in [-0.2, 0) is 14.4 Å². The zero-order valence-electron chi connectivity index (χ0n) is 10.1. The highest BCUT2D eigenvalue weighted by atomic mass is 16.4. The lowest BCUT2D eigenvalue weighted by Crippen LogP contribution is -2.63. The average Bonchev–Trinajstić information content (AvgIpc) is 2.37. The minimum Gasteiger partial charge on any atom is -0.480 e. The number of nitrogens with one attached hydrogen (secondary N) is 2. The number of rotatable bonds is 1. The number of hydrogen-bond donors (Lipinski definition) is 3. The number of amides is 4. The molecule has 2 fully saturated rings. The Morgan fingerprint density at radius 3 is 2.47 bits per heavy atom. The van der Waals surface area contributed by atoms with Crippen molar-refractivity contribution < 1.29 is 24.3 Å². The van der Waals surface area contributed by atoms with Gasteiger partial charge in [-0.1, -0.05) is 0 Å². The minimum atomic E-state index is -1.19. The van der Waals surface area contributed by atoms with Crippen LogP contribution in [0.5, 0.6) is 0 Å². The van der Waals surface area contributed by atoms with Gasteiger partial charge in [-0.3, -0.25) is 14.5 Å². The number of carbonyl (C=O) groups is 4. The topological polar surface area (TPSA) is 119 Å². The van der Waals surface area contributed by atoms with Crippen molar-refractivity contribution in [1.29, 1.82) is 0 Å². The predicted octanol–water partition coefficient (Wildman–Crippen LogP) is -2.58. The molecule has 4 amide bonds. The average molecular weight is 270 g/mol. The molecule has 1 atom stereocenters. The molecule has 3 N–H and O–H groups in total. The quantitative estimate of drug-likeness (QED) is 0.483. The van der Waals surface area contributed by atoms with Crippen LogP contribution in [0.2, 0.25) is 0 Å². The first-order valence-electron chi connectivity index (χ1n) is 5.81. The van der Waals surface area contributed by atoms with E-state index in [0.717, 1.165) is 4.90 Å². The van der Waals surface area contributed by atoms with E-state index in [1.54, 1.807) is 0 Å². The fraction of sp³-hybridized carbons (Fsp3) is 0.600. The monoisotopic (exact) mass is 270 g/mol. The molecule has 2 saturated heterocycles. The molecule has 19 heavy (non-hydrogen) atoms. The van der Waals surface area contributed by atoms with Crippen LogP contribution in [0.4, 0.5) is 4.79 Å². The van der Waals surface area contributed by atoms with Crippen molar-refractivity contribution in [2.75, 3.05) is 32.7 Å². The van der Waals surface area contributed by atoms with Crippen molar-refractivity contribution in [2.24, 2.45) is 0 Å². The van der Waals surface area contributed by atoms with Crippen LogP contribution in [0.25, 0.3) is 0 Å². The van der Waals surface area contributed by atoms with Crippen LogP contribution in [-0.4, -0.2) is 77.5 Å². The number of hydrogen-bond acceptors (Lipinski definition) is 4. The Hall–Kier alpha value is -2.32. The zero-order chi connectivity index (χ0) is 14.0. The highest BCUT2D eigenvalue weighted by Crippen LogP contribution is 2.09. The van der Waals surface area contributed by atoms with Gasteiger partial charge in [0.05, 0.1) is 0 Å². The van der Waals surface area contributed by atoms with Gasteiger partial charge in [0, 0.05) is 19.6 Å². The number of carbonyl (C=O) groups excluding carboxylic acids is 3. The molecule has 2 aliphatic rings. The Morgan fingerprint density at radius 1 is 1.16 bits per heavy atom. The molecule has 0 saturated carbocycles. The maximum Gasteiger partial charge on any atom is 0.328 e. The van der Waals surface area contributed by atoms with Gasteiger partial charge in [0.1, 0.15) is 19.1 Å². The first-order chi connectivity index (χ1) is 8.99. The highest BCUT2D eigenvalue weighted by molar-refractivity contribution is 5.92. The van der Waals surface area contributed by atoms with E-state index < -0.39 is 23.9 Å². The molecule has 2 heterocycles. The summed E-state index contributed by atoms with van der Waals surface area (Å²) in [4.78, 5) is 48.0. The molecule has 2 rings (SSSR count). The first-order valence-corrected chi connectivity index (χ1v) is 5.81. The van der Waals surface area contributed by atoms with Gasteiger partial charge < -0.3 is 20.6 Å². The number of piperazine rings is 2. The summed E-state index contributed by atoms with van der Waals surface area (Å²) in [5.41, 5.74) is 0. The van der Waals surface area contributed by atoms with E-state index in [2.05, 4.69) is 10.6 Å². The Bertz CT molecular complexity index is 438. The Balaban J connectivity index is 2.11. The molecular formula is C10H14N4O5. The summed E-state index contributed by atoms with van der Waals surface area (Å²) in [5.74, 6) is -1.89. The molecule has 104 valence electrons. The van der Waals surface area contributed by atoms with E-state index in [1.165, 1.54) is 4.90 Å². The van der Waals surface area contributed by atoms with Crippen molar-refractivity contribution in [2.45, 2.75) is 6.04 Å². The summed E-state index contributed by atoms with van der Waals surface area (Å²) in [6, 6.07) is -1.70. The van der Waals surface area contributed by atoms with Crippen LogP contribution in [0.3, 0.4) is 0 Å². The predicted molar refractivity (Wildman–Crippen MR) is 61.1 cm³/mol. The Labute approximate surface area is 108 Å². The van der Waals surface area contributed by atoms with Gasteiger partial charge >= 0.3 is 12.0 Å². The molecule has 0 radical (unpaired) electrons. The van der Waals surface area contributed by atoms with Gasteiger partial charge in [-0.25, -0.2) is 9.59 Å². The van der Waals surface area contributed by atoms with Gasteiger partial charge in [0.25, 0.3) is 0 Å². The third-order valence-electron chi connectivity index (χ3n) is 3.02.